The Morgan fingerprint density at radius 1 is 0.938 bits per heavy atom. The number of aryl methyl sites for hydroxylation is 1. The molecule has 0 amide bonds. The van der Waals surface area contributed by atoms with E-state index in [1.54, 1.807) is 18.2 Å². The van der Waals surface area contributed by atoms with Crippen LogP contribution in [0, 0.1) is 6.92 Å². The first-order chi connectivity index (χ1) is 7.58. The van der Waals surface area contributed by atoms with Crippen LogP contribution in [0.2, 0.25) is 15.2 Å². The first-order valence-corrected chi connectivity index (χ1v) is 5.66. The van der Waals surface area contributed by atoms with Crippen molar-refractivity contribution in [2.75, 3.05) is 0 Å². The van der Waals surface area contributed by atoms with Crippen LogP contribution in [0.5, 0.6) is 0 Å². The lowest BCUT2D eigenvalue weighted by Gasteiger charge is -2.05. The van der Waals surface area contributed by atoms with Crippen molar-refractivity contribution in [3.8, 4) is 11.3 Å². The van der Waals surface area contributed by atoms with Gasteiger partial charge in [-0.3, -0.25) is 0 Å². The van der Waals surface area contributed by atoms with Crippen LogP contribution in [-0.2, 0) is 0 Å². The lowest BCUT2D eigenvalue weighted by Crippen LogP contribution is -1.92. The summed E-state index contributed by atoms with van der Waals surface area (Å²) in [6.07, 6.45) is 0. The van der Waals surface area contributed by atoms with E-state index in [0.717, 1.165) is 16.8 Å². The smallest absolute Gasteiger partial charge is 0.149 e. The van der Waals surface area contributed by atoms with Gasteiger partial charge < -0.3 is 0 Å². The third-order valence-electron chi connectivity index (χ3n) is 2.15. The second-order valence-electron chi connectivity index (χ2n) is 3.33. The molecule has 1 aromatic heterocycles. The van der Waals surface area contributed by atoms with Gasteiger partial charge in [0.25, 0.3) is 0 Å². The SMILES string of the molecule is Cc1cc(Cl)nnc1-c1ccc(Cl)c(Cl)c1. The number of benzene rings is 1. The molecule has 2 aromatic rings. The number of hydrogen-bond acceptors (Lipinski definition) is 2. The molecule has 82 valence electrons. The Kier molecular flexibility index (Phi) is 3.33. The quantitative estimate of drug-likeness (QED) is 0.769. The zero-order chi connectivity index (χ0) is 11.7. The van der Waals surface area contributed by atoms with Crippen LogP contribution in [0.15, 0.2) is 24.3 Å². The third-order valence-corrected chi connectivity index (χ3v) is 3.07. The fourth-order valence-corrected chi connectivity index (χ4v) is 1.88. The highest BCUT2D eigenvalue weighted by atomic mass is 35.5. The molecule has 0 saturated heterocycles. The molecular weight excluding hydrogens is 266 g/mol. The summed E-state index contributed by atoms with van der Waals surface area (Å²) in [6.45, 7) is 1.92. The fraction of sp³-hybridized carbons (Fsp3) is 0.0909. The molecular formula is C11H7Cl3N2. The Labute approximate surface area is 108 Å². The minimum Gasteiger partial charge on any atom is -0.149 e. The lowest BCUT2D eigenvalue weighted by atomic mass is 10.1. The Balaban J connectivity index is 2.54. The maximum Gasteiger partial charge on any atom is 0.152 e. The van der Waals surface area contributed by atoms with E-state index >= 15 is 0 Å². The molecule has 0 aliphatic rings. The van der Waals surface area contributed by atoms with E-state index in [-0.39, 0.29) is 0 Å². The summed E-state index contributed by atoms with van der Waals surface area (Å²) >= 11 is 17.5. The summed E-state index contributed by atoms with van der Waals surface area (Å²) in [6, 6.07) is 7.09. The highest BCUT2D eigenvalue weighted by Gasteiger charge is 2.07. The number of nitrogens with zero attached hydrogens (tertiary/aromatic N) is 2. The van der Waals surface area contributed by atoms with Gasteiger partial charge in [0.1, 0.15) is 0 Å². The predicted molar refractivity (Wildman–Crippen MR) is 67.2 cm³/mol. The fourth-order valence-electron chi connectivity index (χ4n) is 1.38. The number of halogens is 3. The Hall–Kier alpha value is -0.830. The summed E-state index contributed by atoms with van der Waals surface area (Å²) in [5, 5.41) is 9.23. The molecule has 0 bridgehead atoms. The van der Waals surface area contributed by atoms with Crippen molar-refractivity contribution in [3.05, 3.63) is 45.0 Å². The van der Waals surface area contributed by atoms with Crippen LogP contribution < -0.4 is 0 Å². The average molecular weight is 274 g/mol. The highest BCUT2D eigenvalue weighted by Crippen LogP contribution is 2.29. The van der Waals surface area contributed by atoms with Gasteiger partial charge >= 0.3 is 0 Å². The lowest BCUT2D eigenvalue weighted by molar-refractivity contribution is 1.02. The molecule has 16 heavy (non-hydrogen) atoms. The van der Waals surface area contributed by atoms with Gasteiger partial charge in [0, 0.05) is 5.56 Å². The number of aromatic nitrogens is 2. The van der Waals surface area contributed by atoms with Crippen molar-refractivity contribution < 1.29 is 0 Å². The third kappa shape index (κ3) is 2.29. The van der Waals surface area contributed by atoms with Gasteiger partial charge in [-0.15, -0.1) is 10.2 Å². The molecule has 5 heteroatoms. The van der Waals surface area contributed by atoms with Crippen LogP contribution in [0.1, 0.15) is 5.56 Å². The highest BCUT2D eigenvalue weighted by molar-refractivity contribution is 6.42. The van der Waals surface area contributed by atoms with Crippen molar-refractivity contribution >= 4 is 34.8 Å². The van der Waals surface area contributed by atoms with Crippen LogP contribution >= 0.6 is 34.8 Å². The zero-order valence-electron chi connectivity index (χ0n) is 8.34. The van der Waals surface area contributed by atoms with Gasteiger partial charge in [0.15, 0.2) is 5.15 Å². The molecule has 0 N–H and O–H groups in total. The Bertz CT molecular complexity index is 541. The molecule has 2 rings (SSSR count). The molecule has 0 atom stereocenters. The molecule has 1 heterocycles. The minimum atomic E-state index is 0.376. The van der Waals surface area contributed by atoms with Crippen LogP contribution in [0.4, 0.5) is 0 Å². The molecule has 0 unspecified atom stereocenters. The molecule has 2 nitrogen and oxygen atoms in total. The van der Waals surface area contributed by atoms with Crippen molar-refractivity contribution in [3.63, 3.8) is 0 Å². The van der Waals surface area contributed by atoms with Gasteiger partial charge in [-0.25, -0.2) is 0 Å². The summed E-state index contributed by atoms with van der Waals surface area (Å²) in [7, 11) is 0. The summed E-state index contributed by atoms with van der Waals surface area (Å²) < 4.78 is 0. The number of hydrogen-bond donors (Lipinski definition) is 0. The van der Waals surface area contributed by atoms with Gasteiger partial charge in [-0.05, 0) is 30.7 Å². The second-order valence-corrected chi connectivity index (χ2v) is 4.53. The van der Waals surface area contributed by atoms with E-state index in [2.05, 4.69) is 10.2 Å². The van der Waals surface area contributed by atoms with Gasteiger partial charge in [0.2, 0.25) is 0 Å². The molecule has 0 spiro atoms. The van der Waals surface area contributed by atoms with E-state index < -0.39 is 0 Å². The monoisotopic (exact) mass is 272 g/mol. The van der Waals surface area contributed by atoms with E-state index in [1.807, 2.05) is 13.0 Å². The summed E-state index contributed by atoms with van der Waals surface area (Å²) in [4.78, 5) is 0. The Morgan fingerprint density at radius 3 is 2.31 bits per heavy atom. The van der Waals surface area contributed by atoms with Crippen molar-refractivity contribution in [1.29, 1.82) is 0 Å². The van der Waals surface area contributed by atoms with Crippen molar-refractivity contribution in [1.82, 2.24) is 10.2 Å². The maximum atomic E-state index is 5.94. The van der Waals surface area contributed by atoms with Crippen LogP contribution in [-0.4, -0.2) is 10.2 Å². The topological polar surface area (TPSA) is 25.8 Å². The summed E-state index contributed by atoms with van der Waals surface area (Å²) in [5.41, 5.74) is 2.57. The normalized spacial score (nSPS) is 10.5. The van der Waals surface area contributed by atoms with E-state index in [0.29, 0.717) is 15.2 Å². The largest absolute Gasteiger partial charge is 0.152 e. The van der Waals surface area contributed by atoms with E-state index in [1.165, 1.54) is 0 Å². The van der Waals surface area contributed by atoms with Crippen LogP contribution in [0.25, 0.3) is 11.3 Å². The molecule has 0 radical (unpaired) electrons. The molecule has 0 aliphatic carbocycles. The minimum absolute atomic E-state index is 0.376. The average Bonchev–Trinajstić information content (AvgIpc) is 2.22. The van der Waals surface area contributed by atoms with E-state index in [9.17, 15) is 0 Å². The second kappa shape index (κ2) is 4.58. The molecule has 0 aliphatic heterocycles. The van der Waals surface area contributed by atoms with Crippen molar-refractivity contribution in [2.45, 2.75) is 6.92 Å². The van der Waals surface area contributed by atoms with Gasteiger partial charge in [-0.2, -0.15) is 0 Å². The van der Waals surface area contributed by atoms with Crippen molar-refractivity contribution in [2.24, 2.45) is 0 Å². The first kappa shape index (κ1) is 11.6. The van der Waals surface area contributed by atoms with E-state index in [4.69, 9.17) is 34.8 Å². The van der Waals surface area contributed by atoms with Gasteiger partial charge in [-0.1, -0.05) is 40.9 Å². The zero-order valence-corrected chi connectivity index (χ0v) is 10.6. The van der Waals surface area contributed by atoms with Gasteiger partial charge in [0.05, 0.1) is 15.7 Å². The molecule has 0 fully saturated rings. The predicted octanol–water partition coefficient (Wildman–Crippen LogP) is 4.41. The maximum absolute atomic E-state index is 5.94. The van der Waals surface area contributed by atoms with Crippen LogP contribution in [0.3, 0.4) is 0 Å². The Morgan fingerprint density at radius 2 is 1.69 bits per heavy atom. The standard InChI is InChI=1S/C11H7Cl3N2/c1-6-4-10(14)15-16-11(6)7-2-3-8(12)9(13)5-7/h2-5H,1H3. The summed E-state index contributed by atoms with van der Waals surface area (Å²) in [5.74, 6) is 0. The number of rotatable bonds is 1. The molecule has 0 saturated carbocycles. The first-order valence-electron chi connectivity index (χ1n) is 4.53. The molecule has 1 aromatic carbocycles.